The molecule has 0 saturated carbocycles. The molecule has 0 radical (unpaired) electrons. The third kappa shape index (κ3) is 8.18. The van der Waals surface area contributed by atoms with Crippen LogP contribution < -0.4 is 9.62 Å². The molecule has 2 amide bonds. The van der Waals surface area contributed by atoms with Crippen LogP contribution in [0.5, 0.6) is 0 Å². The molecule has 3 rings (SSSR count). The number of amides is 2. The Morgan fingerprint density at radius 3 is 2.22 bits per heavy atom. The minimum Gasteiger partial charge on any atom is -0.350 e. The molecule has 0 aliphatic carbocycles. The van der Waals surface area contributed by atoms with Crippen LogP contribution in [0.3, 0.4) is 0 Å². The lowest BCUT2D eigenvalue weighted by atomic mass is 10.1. The third-order valence-electron chi connectivity index (χ3n) is 5.94. The molecule has 1 unspecified atom stereocenters. The van der Waals surface area contributed by atoms with Crippen molar-refractivity contribution in [3.05, 3.63) is 98.5 Å². The maximum Gasteiger partial charge on any atom is 0.271 e. The van der Waals surface area contributed by atoms with Crippen LogP contribution in [-0.4, -0.2) is 48.2 Å². The third-order valence-corrected chi connectivity index (χ3v) is 8.47. The first-order valence-corrected chi connectivity index (χ1v) is 14.7. The molecule has 0 bridgehead atoms. The maximum absolute atomic E-state index is 13.9. The number of nitrogens with zero attached hydrogens (tertiary/aromatic N) is 3. The number of hydrogen-bond donors (Lipinski definition) is 1. The van der Waals surface area contributed by atoms with E-state index in [4.69, 9.17) is 23.2 Å². The van der Waals surface area contributed by atoms with Gasteiger partial charge in [-0.1, -0.05) is 53.5 Å². The van der Waals surface area contributed by atoms with Gasteiger partial charge in [0, 0.05) is 24.2 Å². The van der Waals surface area contributed by atoms with Gasteiger partial charge in [0.2, 0.25) is 11.8 Å². The number of nitro groups is 1. The highest BCUT2D eigenvalue weighted by Gasteiger charge is 2.34. The second-order valence-corrected chi connectivity index (χ2v) is 13.0. The van der Waals surface area contributed by atoms with Crippen molar-refractivity contribution in [3.63, 3.8) is 0 Å². The minimum atomic E-state index is -4.36. The molecule has 0 spiro atoms. The lowest BCUT2D eigenvalue weighted by Crippen LogP contribution is -2.54. The Morgan fingerprint density at radius 1 is 0.976 bits per heavy atom. The van der Waals surface area contributed by atoms with Crippen LogP contribution in [0.25, 0.3) is 0 Å². The first-order valence-electron chi connectivity index (χ1n) is 12.5. The molecule has 13 heteroatoms. The fourth-order valence-corrected chi connectivity index (χ4v) is 5.65. The highest BCUT2D eigenvalue weighted by Crippen LogP contribution is 2.28. The summed E-state index contributed by atoms with van der Waals surface area (Å²) in [5, 5.41) is 14.8. The highest BCUT2D eigenvalue weighted by molar-refractivity contribution is 7.92. The Bertz CT molecular complexity index is 1540. The predicted octanol–water partition coefficient (Wildman–Crippen LogP) is 5.43. The number of rotatable bonds is 10. The lowest BCUT2D eigenvalue weighted by molar-refractivity contribution is -0.384. The van der Waals surface area contributed by atoms with Gasteiger partial charge in [0.05, 0.1) is 25.6 Å². The average Bonchev–Trinajstić information content (AvgIpc) is 2.91. The molecule has 218 valence electrons. The molecule has 1 N–H and O–H groups in total. The molecule has 0 heterocycles. The van der Waals surface area contributed by atoms with E-state index in [0.717, 1.165) is 10.4 Å². The summed E-state index contributed by atoms with van der Waals surface area (Å²) < 4.78 is 28.4. The van der Waals surface area contributed by atoms with Crippen LogP contribution in [0.2, 0.25) is 10.0 Å². The molecule has 0 saturated heterocycles. The van der Waals surface area contributed by atoms with E-state index < -0.39 is 44.9 Å². The molecule has 0 aromatic heterocycles. The van der Waals surface area contributed by atoms with Gasteiger partial charge >= 0.3 is 0 Å². The molecule has 1 atom stereocenters. The second kappa shape index (κ2) is 12.9. The molecule has 10 nitrogen and oxygen atoms in total. The quantitative estimate of drug-likeness (QED) is 0.238. The maximum atomic E-state index is 13.9. The van der Waals surface area contributed by atoms with Gasteiger partial charge in [-0.2, -0.15) is 0 Å². The van der Waals surface area contributed by atoms with Crippen molar-refractivity contribution < 1.29 is 22.9 Å². The smallest absolute Gasteiger partial charge is 0.271 e. The highest BCUT2D eigenvalue weighted by atomic mass is 35.5. The number of nitrogens with one attached hydrogen (secondary N) is 1. The standard InChI is InChI=1S/C28H30Cl2N4O6S/c1-19(27(36)31-28(2,3)4)32(17-20-13-14-24(29)25(30)15-20)26(35)18-33(21-9-8-10-22(16-21)34(37)38)41(39,40)23-11-6-5-7-12-23/h5-16,19H,17-18H2,1-4H3,(H,31,36). The first kappa shape index (κ1) is 31.9. The Kier molecular flexibility index (Phi) is 10.0. The summed E-state index contributed by atoms with van der Waals surface area (Å²) in [6.45, 7) is 6.06. The van der Waals surface area contributed by atoms with Gasteiger partial charge < -0.3 is 10.2 Å². The Hall–Kier alpha value is -3.67. The summed E-state index contributed by atoms with van der Waals surface area (Å²) in [5.74, 6) is -1.18. The average molecular weight is 622 g/mol. The summed E-state index contributed by atoms with van der Waals surface area (Å²) >= 11 is 12.2. The van der Waals surface area contributed by atoms with E-state index >= 15 is 0 Å². The van der Waals surface area contributed by atoms with Crippen LogP contribution in [-0.2, 0) is 26.2 Å². The molecule has 0 aliphatic heterocycles. The van der Waals surface area contributed by atoms with E-state index in [0.29, 0.717) is 10.6 Å². The Labute approximate surface area is 249 Å². The number of sulfonamides is 1. The van der Waals surface area contributed by atoms with Crippen molar-refractivity contribution in [1.29, 1.82) is 0 Å². The first-order chi connectivity index (χ1) is 19.1. The fourth-order valence-electron chi connectivity index (χ4n) is 3.90. The topological polar surface area (TPSA) is 130 Å². The summed E-state index contributed by atoms with van der Waals surface area (Å²) in [7, 11) is -4.36. The van der Waals surface area contributed by atoms with Crippen molar-refractivity contribution in [2.24, 2.45) is 0 Å². The summed E-state index contributed by atoms with van der Waals surface area (Å²) in [5.41, 5.74) is -0.489. The van der Waals surface area contributed by atoms with E-state index in [2.05, 4.69) is 5.32 Å². The normalized spacial score (nSPS) is 12.3. The van der Waals surface area contributed by atoms with Crippen LogP contribution in [0.15, 0.2) is 77.7 Å². The zero-order valence-electron chi connectivity index (χ0n) is 22.9. The number of non-ortho nitro benzene ring substituents is 1. The lowest BCUT2D eigenvalue weighted by Gasteiger charge is -2.33. The largest absolute Gasteiger partial charge is 0.350 e. The number of hydrogen-bond acceptors (Lipinski definition) is 6. The van der Waals surface area contributed by atoms with Crippen molar-refractivity contribution in [2.45, 2.75) is 50.7 Å². The van der Waals surface area contributed by atoms with E-state index in [1.165, 1.54) is 54.3 Å². The number of anilines is 1. The summed E-state index contributed by atoms with van der Waals surface area (Å²) in [6.07, 6.45) is 0. The van der Waals surface area contributed by atoms with Crippen molar-refractivity contribution in [3.8, 4) is 0 Å². The van der Waals surface area contributed by atoms with Crippen LogP contribution in [0.4, 0.5) is 11.4 Å². The van der Waals surface area contributed by atoms with E-state index in [1.807, 2.05) is 0 Å². The van der Waals surface area contributed by atoms with Gasteiger partial charge in [0.15, 0.2) is 0 Å². The molecule has 0 aliphatic rings. The summed E-state index contributed by atoms with van der Waals surface area (Å²) in [4.78, 5) is 39.0. The second-order valence-electron chi connectivity index (χ2n) is 10.3. The van der Waals surface area contributed by atoms with Crippen molar-refractivity contribution >= 4 is 56.4 Å². The van der Waals surface area contributed by atoms with E-state index in [-0.39, 0.29) is 27.8 Å². The van der Waals surface area contributed by atoms with Gasteiger partial charge in [-0.25, -0.2) is 8.42 Å². The predicted molar refractivity (Wildman–Crippen MR) is 158 cm³/mol. The number of benzene rings is 3. The van der Waals surface area contributed by atoms with Crippen LogP contribution in [0.1, 0.15) is 33.3 Å². The molecule has 3 aromatic rings. The number of nitro benzene ring substituents is 1. The van der Waals surface area contributed by atoms with Crippen LogP contribution in [0, 0.1) is 10.1 Å². The van der Waals surface area contributed by atoms with Crippen molar-refractivity contribution in [1.82, 2.24) is 10.2 Å². The van der Waals surface area contributed by atoms with Crippen molar-refractivity contribution in [2.75, 3.05) is 10.8 Å². The SMILES string of the molecule is CC(C(=O)NC(C)(C)C)N(Cc1ccc(Cl)c(Cl)c1)C(=O)CN(c1cccc([N+](=O)[O-])c1)S(=O)(=O)c1ccccc1. The van der Waals surface area contributed by atoms with Gasteiger partial charge in [-0.15, -0.1) is 0 Å². The number of carbonyl (C=O) groups excluding carboxylic acids is 2. The molecular weight excluding hydrogens is 591 g/mol. The number of halogens is 2. The minimum absolute atomic E-state index is 0.0855. The Balaban J connectivity index is 2.08. The fraction of sp³-hybridized carbons (Fsp3) is 0.286. The monoisotopic (exact) mass is 620 g/mol. The van der Waals surface area contributed by atoms with Gasteiger partial charge in [0.1, 0.15) is 12.6 Å². The number of carbonyl (C=O) groups is 2. The van der Waals surface area contributed by atoms with Gasteiger partial charge in [-0.05, 0) is 63.6 Å². The molecular formula is C28H30Cl2N4O6S. The Morgan fingerprint density at radius 2 is 1.63 bits per heavy atom. The summed E-state index contributed by atoms with van der Waals surface area (Å²) in [6, 6.07) is 16.1. The van der Waals surface area contributed by atoms with Crippen LogP contribution >= 0.6 is 23.2 Å². The molecule has 0 fully saturated rings. The van der Waals surface area contributed by atoms with Gasteiger partial charge in [-0.3, -0.25) is 24.0 Å². The zero-order valence-corrected chi connectivity index (χ0v) is 25.2. The van der Waals surface area contributed by atoms with E-state index in [1.54, 1.807) is 45.0 Å². The van der Waals surface area contributed by atoms with E-state index in [9.17, 15) is 28.1 Å². The zero-order chi connectivity index (χ0) is 30.5. The molecule has 41 heavy (non-hydrogen) atoms. The van der Waals surface area contributed by atoms with Gasteiger partial charge in [0.25, 0.3) is 15.7 Å². The molecule has 3 aromatic carbocycles.